The zero-order valence-electron chi connectivity index (χ0n) is 12.8. The second kappa shape index (κ2) is 6.06. The van der Waals surface area contributed by atoms with Crippen molar-refractivity contribution >= 4 is 0 Å². The van der Waals surface area contributed by atoms with Crippen molar-refractivity contribution in [2.45, 2.75) is 40.2 Å². The third-order valence-corrected chi connectivity index (χ3v) is 4.35. The third kappa shape index (κ3) is 3.37. The highest BCUT2D eigenvalue weighted by atomic mass is 15.2. The van der Waals surface area contributed by atoms with Gasteiger partial charge in [-0.25, -0.2) is 0 Å². The van der Waals surface area contributed by atoms with Crippen LogP contribution in [0.2, 0.25) is 0 Å². The van der Waals surface area contributed by atoms with Gasteiger partial charge in [-0.05, 0) is 43.2 Å². The van der Waals surface area contributed by atoms with E-state index >= 15 is 0 Å². The van der Waals surface area contributed by atoms with Crippen molar-refractivity contribution in [3.8, 4) is 0 Å². The molecule has 0 bridgehead atoms. The van der Waals surface area contributed by atoms with Gasteiger partial charge < -0.3 is 5.73 Å². The second-order valence-electron chi connectivity index (χ2n) is 6.51. The molecule has 1 aliphatic heterocycles. The standard InChI is InChI=1S/C17H28N2/c1-12-5-6-16(15(4)8-12)17(9-18)19-10-13(2)7-14(3)11-19/h5-6,8,13-14,17H,7,9-11,18H2,1-4H3. The number of aryl methyl sites for hydroxylation is 2. The number of nitrogens with zero attached hydrogens (tertiary/aromatic N) is 1. The number of hydrogen-bond acceptors (Lipinski definition) is 2. The van der Waals surface area contributed by atoms with Crippen LogP contribution < -0.4 is 5.73 Å². The monoisotopic (exact) mass is 260 g/mol. The molecule has 3 unspecified atom stereocenters. The Morgan fingerprint density at radius 3 is 2.37 bits per heavy atom. The lowest BCUT2D eigenvalue weighted by molar-refractivity contribution is 0.0981. The first-order valence-corrected chi connectivity index (χ1v) is 7.52. The molecule has 0 saturated carbocycles. The number of benzene rings is 1. The molecule has 0 radical (unpaired) electrons. The van der Waals surface area contributed by atoms with Crippen molar-refractivity contribution in [1.82, 2.24) is 4.90 Å². The highest BCUT2D eigenvalue weighted by molar-refractivity contribution is 5.33. The molecule has 0 amide bonds. The van der Waals surface area contributed by atoms with E-state index in [1.54, 1.807) is 0 Å². The fourth-order valence-corrected chi connectivity index (χ4v) is 3.64. The molecule has 0 aliphatic carbocycles. The summed E-state index contributed by atoms with van der Waals surface area (Å²) in [6.45, 7) is 12.2. The minimum absolute atomic E-state index is 0.380. The van der Waals surface area contributed by atoms with Crippen LogP contribution in [0.4, 0.5) is 0 Å². The molecular weight excluding hydrogens is 232 g/mol. The zero-order valence-corrected chi connectivity index (χ0v) is 12.8. The van der Waals surface area contributed by atoms with Crippen molar-refractivity contribution < 1.29 is 0 Å². The van der Waals surface area contributed by atoms with Crippen molar-refractivity contribution in [3.63, 3.8) is 0 Å². The summed E-state index contributed by atoms with van der Waals surface area (Å²) in [4.78, 5) is 2.59. The van der Waals surface area contributed by atoms with E-state index in [4.69, 9.17) is 5.73 Å². The van der Waals surface area contributed by atoms with Crippen molar-refractivity contribution in [1.29, 1.82) is 0 Å². The number of piperidine rings is 1. The fraction of sp³-hybridized carbons (Fsp3) is 0.647. The third-order valence-electron chi connectivity index (χ3n) is 4.35. The summed E-state index contributed by atoms with van der Waals surface area (Å²) >= 11 is 0. The van der Waals surface area contributed by atoms with E-state index in [1.807, 2.05) is 0 Å². The summed E-state index contributed by atoms with van der Waals surface area (Å²) in [5.74, 6) is 1.56. The molecule has 106 valence electrons. The van der Waals surface area contributed by atoms with Crippen LogP contribution in [-0.4, -0.2) is 24.5 Å². The zero-order chi connectivity index (χ0) is 14.0. The maximum absolute atomic E-state index is 6.09. The van der Waals surface area contributed by atoms with E-state index in [9.17, 15) is 0 Å². The van der Waals surface area contributed by atoms with E-state index in [-0.39, 0.29) is 0 Å². The second-order valence-corrected chi connectivity index (χ2v) is 6.51. The Balaban J connectivity index is 2.23. The predicted octanol–water partition coefficient (Wildman–Crippen LogP) is 3.28. The van der Waals surface area contributed by atoms with Gasteiger partial charge in [0.1, 0.15) is 0 Å². The lowest BCUT2D eigenvalue weighted by Gasteiger charge is -2.40. The van der Waals surface area contributed by atoms with Gasteiger partial charge in [-0.3, -0.25) is 4.90 Å². The summed E-state index contributed by atoms with van der Waals surface area (Å²) in [7, 11) is 0. The Morgan fingerprint density at radius 2 is 1.84 bits per heavy atom. The van der Waals surface area contributed by atoms with Crippen LogP contribution in [0.5, 0.6) is 0 Å². The fourth-order valence-electron chi connectivity index (χ4n) is 3.64. The van der Waals surface area contributed by atoms with Crippen LogP contribution in [0, 0.1) is 25.7 Å². The largest absolute Gasteiger partial charge is 0.329 e. The van der Waals surface area contributed by atoms with E-state index < -0.39 is 0 Å². The Bertz CT molecular complexity index is 417. The molecule has 1 aromatic rings. The van der Waals surface area contributed by atoms with Crippen LogP contribution in [0.3, 0.4) is 0 Å². The first kappa shape index (κ1) is 14.5. The van der Waals surface area contributed by atoms with Gasteiger partial charge >= 0.3 is 0 Å². The minimum atomic E-state index is 0.380. The van der Waals surface area contributed by atoms with Crippen LogP contribution in [-0.2, 0) is 0 Å². The smallest absolute Gasteiger partial charge is 0.0473 e. The molecule has 2 nitrogen and oxygen atoms in total. The Labute approximate surface area is 118 Å². The highest BCUT2D eigenvalue weighted by Crippen LogP contribution is 2.30. The van der Waals surface area contributed by atoms with Gasteiger partial charge in [-0.1, -0.05) is 37.6 Å². The maximum Gasteiger partial charge on any atom is 0.0473 e. The average molecular weight is 260 g/mol. The Kier molecular flexibility index (Phi) is 4.64. The maximum atomic E-state index is 6.09. The van der Waals surface area contributed by atoms with Crippen LogP contribution in [0.25, 0.3) is 0 Å². The first-order chi connectivity index (χ1) is 9.01. The van der Waals surface area contributed by atoms with Crippen LogP contribution in [0.1, 0.15) is 43.0 Å². The molecule has 19 heavy (non-hydrogen) atoms. The highest BCUT2D eigenvalue weighted by Gasteiger charge is 2.28. The van der Waals surface area contributed by atoms with E-state index in [0.717, 1.165) is 11.8 Å². The van der Waals surface area contributed by atoms with E-state index in [1.165, 1.54) is 36.2 Å². The summed E-state index contributed by atoms with van der Waals surface area (Å²) in [5.41, 5.74) is 10.2. The molecule has 3 atom stereocenters. The van der Waals surface area contributed by atoms with Gasteiger partial charge in [-0.2, -0.15) is 0 Å². The van der Waals surface area contributed by atoms with Gasteiger partial charge in [-0.15, -0.1) is 0 Å². The molecule has 2 N–H and O–H groups in total. The molecule has 2 heteroatoms. The minimum Gasteiger partial charge on any atom is -0.329 e. The molecule has 1 saturated heterocycles. The lowest BCUT2D eigenvalue weighted by atomic mass is 9.89. The van der Waals surface area contributed by atoms with Gasteiger partial charge in [0.15, 0.2) is 0 Å². The molecule has 1 aromatic carbocycles. The molecule has 2 rings (SSSR count). The lowest BCUT2D eigenvalue weighted by Crippen LogP contribution is -2.43. The van der Waals surface area contributed by atoms with E-state index in [2.05, 4.69) is 50.8 Å². The molecule has 0 spiro atoms. The van der Waals surface area contributed by atoms with Crippen molar-refractivity contribution in [2.75, 3.05) is 19.6 Å². The van der Waals surface area contributed by atoms with Crippen molar-refractivity contribution in [2.24, 2.45) is 17.6 Å². The van der Waals surface area contributed by atoms with Gasteiger partial charge in [0.2, 0.25) is 0 Å². The number of likely N-dealkylation sites (tertiary alicyclic amines) is 1. The molecule has 0 aromatic heterocycles. The van der Waals surface area contributed by atoms with Crippen LogP contribution >= 0.6 is 0 Å². The Hall–Kier alpha value is -0.860. The van der Waals surface area contributed by atoms with E-state index in [0.29, 0.717) is 12.6 Å². The topological polar surface area (TPSA) is 29.3 Å². The van der Waals surface area contributed by atoms with Crippen molar-refractivity contribution in [3.05, 3.63) is 34.9 Å². The number of hydrogen-bond donors (Lipinski definition) is 1. The summed E-state index contributed by atoms with van der Waals surface area (Å²) in [6.07, 6.45) is 1.35. The summed E-state index contributed by atoms with van der Waals surface area (Å²) in [5, 5.41) is 0. The Morgan fingerprint density at radius 1 is 1.21 bits per heavy atom. The summed E-state index contributed by atoms with van der Waals surface area (Å²) < 4.78 is 0. The number of rotatable bonds is 3. The molecule has 1 aliphatic rings. The normalized spacial score (nSPS) is 26.4. The molecule has 1 fully saturated rings. The van der Waals surface area contributed by atoms with Gasteiger partial charge in [0.25, 0.3) is 0 Å². The first-order valence-electron chi connectivity index (χ1n) is 7.52. The molecule has 1 heterocycles. The molecular formula is C17H28N2. The van der Waals surface area contributed by atoms with Crippen LogP contribution in [0.15, 0.2) is 18.2 Å². The number of nitrogens with two attached hydrogens (primary N) is 1. The average Bonchev–Trinajstić information content (AvgIpc) is 2.31. The summed E-state index contributed by atoms with van der Waals surface area (Å²) in [6, 6.07) is 7.13. The predicted molar refractivity (Wildman–Crippen MR) is 82.2 cm³/mol. The van der Waals surface area contributed by atoms with Gasteiger partial charge in [0, 0.05) is 25.7 Å². The van der Waals surface area contributed by atoms with Gasteiger partial charge in [0.05, 0.1) is 0 Å². The quantitative estimate of drug-likeness (QED) is 0.903. The SMILES string of the molecule is Cc1ccc(C(CN)N2CC(C)CC(C)C2)c(C)c1.